The van der Waals surface area contributed by atoms with E-state index in [9.17, 15) is 9.18 Å². The van der Waals surface area contributed by atoms with E-state index in [1.165, 1.54) is 0 Å². The Bertz CT molecular complexity index is 1120. The van der Waals surface area contributed by atoms with Gasteiger partial charge in [-0.3, -0.25) is 9.69 Å². The fraction of sp³-hybridized carbons (Fsp3) is 0.615. The van der Waals surface area contributed by atoms with Gasteiger partial charge in [0.15, 0.2) is 5.67 Å². The lowest BCUT2D eigenvalue weighted by Gasteiger charge is -2.41. The van der Waals surface area contributed by atoms with Crippen molar-refractivity contribution in [3.8, 4) is 0 Å². The summed E-state index contributed by atoms with van der Waals surface area (Å²) < 4.78 is 32.2. The van der Waals surface area contributed by atoms with Crippen molar-refractivity contribution in [2.45, 2.75) is 76.3 Å². The lowest BCUT2D eigenvalue weighted by molar-refractivity contribution is -0.149. The first kappa shape index (κ1) is 24.8. The second-order valence-electron chi connectivity index (χ2n) is 10.3. The van der Waals surface area contributed by atoms with E-state index >= 15 is 4.39 Å². The molecule has 4 heterocycles. The van der Waals surface area contributed by atoms with Crippen molar-refractivity contribution in [2.24, 2.45) is 0 Å². The first-order chi connectivity index (χ1) is 17.3. The number of aryl methyl sites for hydroxylation is 1. The number of carbonyl (C=O) groups is 1. The smallest absolute Gasteiger partial charge is 0.260 e. The van der Waals surface area contributed by atoms with Crippen LogP contribution >= 0.6 is 0 Å². The lowest BCUT2D eigenvalue weighted by Crippen LogP contribution is -2.54. The Kier molecular flexibility index (Phi) is 6.80. The average Bonchev–Trinajstić information content (AvgIpc) is 3.28. The number of halogens is 2. The number of nitrogens with two attached hydrogens (primary N) is 1. The number of rotatable bonds is 5. The molecule has 194 valence electrons. The van der Waals surface area contributed by atoms with Crippen LogP contribution in [0.25, 0.3) is 6.08 Å². The molecule has 3 aliphatic rings. The van der Waals surface area contributed by atoms with Gasteiger partial charge in [-0.05, 0) is 25.0 Å². The molecular formula is C26H35F2N7O. The standard InChI is InChI=1S/C26H35F2N7O/c1-3-22-32-23-17(2)20(27)4-5-21(23)35(22)19-6-10-34(11-7-19)24(36)26(28)8-12-33(13-9-26)16-18-14-30-25(29)31-15-18/h4-5,14-15,17,19-20H,3,6-13,16H2,1-2H3,(H2,29,30,31). The van der Waals surface area contributed by atoms with Crippen LogP contribution in [0.5, 0.6) is 0 Å². The van der Waals surface area contributed by atoms with Gasteiger partial charge in [-0.15, -0.1) is 0 Å². The Labute approximate surface area is 210 Å². The largest absolute Gasteiger partial charge is 0.368 e. The van der Waals surface area contributed by atoms with Crippen LogP contribution in [0.1, 0.15) is 74.3 Å². The summed E-state index contributed by atoms with van der Waals surface area (Å²) in [5.74, 6) is 0.542. The van der Waals surface area contributed by atoms with E-state index in [2.05, 4.69) is 26.4 Å². The van der Waals surface area contributed by atoms with Crippen LogP contribution in [0.4, 0.5) is 14.7 Å². The molecule has 0 aromatic carbocycles. The summed E-state index contributed by atoms with van der Waals surface area (Å²) in [6.45, 7) is 6.59. The third kappa shape index (κ3) is 4.63. The van der Waals surface area contributed by atoms with Crippen molar-refractivity contribution in [3.63, 3.8) is 0 Å². The second kappa shape index (κ2) is 9.88. The molecule has 36 heavy (non-hydrogen) atoms. The van der Waals surface area contributed by atoms with Crippen molar-refractivity contribution in [1.82, 2.24) is 29.3 Å². The number of anilines is 1. The first-order valence-corrected chi connectivity index (χ1v) is 13.0. The number of alkyl halides is 2. The number of aromatic nitrogens is 4. The number of nitrogen functional groups attached to an aromatic ring is 1. The molecule has 1 aliphatic carbocycles. The molecule has 2 aliphatic heterocycles. The van der Waals surface area contributed by atoms with Gasteiger partial charge in [-0.1, -0.05) is 13.8 Å². The molecule has 2 fully saturated rings. The molecular weight excluding hydrogens is 464 g/mol. The van der Waals surface area contributed by atoms with Crippen LogP contribution in [0.2, 0.25) is 0 Å². The van der Waals surface area contributed by atoms with E-state index in [1.54, 1.807) is 23.4 Å². The number of hydrogen-bond donors (Lipinski definition) is 1. The second-order valence-corrected chi connectivity index (χ2v) is 10.3. The number of hydrogen-bond acceptors (Lipinski definition) is 6. The number of carbonyl (C=O) groups excluding carboxylic acids is 1. The summed E-state index contributed by atoms with van der Waals surface area (Å²) in [6.07, 6.45) is 8.42. The SMILES string of the molecule is CCc1nc2c(n1C1CCN(C(=O)C3(F)CCN(Cc4cnc(N)nc4)CC3)CC1)C=CC(F)C2C. The van der Waals surface area contributed by atoms with Crippen molar-refractivity contribution >= 4 is 17.9 Å². The summed E-state index contributed by atoms with van der Waals surface area (Å²) >= 11 is 0. The number of amides is 1. The number of imidazole rings is 1. The van der Waals surface area contributed by atoms with Crippen LogP contribution in [-0.4, -0.2) is 73.2 Å². The van der Waals surface area contributed by atoms with Crippen LogP contribution in [0, 0.1) is 0 Å². The van der Waals surface area contributed by atoms with Crippen LogP contribution < -0.4 is 5.73 Å². The Morgan fingerprint density at radius 1 is 1.17 bits per heavy atom. The van der Waals surface area contributed by atoms with Gasteiger partial charge in [0.05, 0.1) is 11.4 Å². The van der Waals surface area contributed by atoms with Gasteiger partial charge in [-0.2, -0.15) is 0 Å². The predicted octanol–water partition coefficient (Wildman–Crippen LogP) is 3.45. The maximum Gasteiger partial charge on any atom is 0.260 e. The fourth-order valence-corrected chi connectivity index (χ4v) is 5.77. The molecule has 2 aromatic heterocycles. The molecule has 0 bridgehead atoms. The molecule has 0 saturated carbocycles. The summed E-state index contributed by atoms with van der Waals surface area (Å²) in [7, 11) is 0. The molecule has 8 nitrogen and oxygen atoms in total. The zero-order chi connectivity index (χ0) is 25.4. The summed E-state index contributed by atoms with van der Waals surface area (Å²) in [5, 5.41) is 0. The molecule has 10 heteroatoms. The normalized spacial score (nSPS) is 24.6. The van der Waals surface area contributed by atoms with Crippen LogP contribution in [0.15, 0.2) is 18.5 Å². The highest BCUT2D eigenvalue weighted by atomic mass is 19.1. The molecule has 2 aromatic rings. The van der Waals surface area contributed by atoms with Gasteiger partial charge >= 0.3 is 0 Å². The molecule has 2 atom stereocenters. The van der Waals surface area contributed by atoms with Crippen molar-refractivity contribution in [3.05, 3.63) is 41.2 Å². The first-order valence-electron chi connectivity index (χ1n) is 13.0. The molecule has 1 amide bonds. The number of allylic oxidation sites excluding steroid dienone is 1. The summed E-state index contributed by atoms with van der Waals surface area (Å²) in [5.41, 5.74) is 6.45. The third-order valence-electron chi connectivity index (χ3n) is 7.99. The highest BCUT2D eigenvalue weighted by Gasteiger charge is 2.45. The minimum atomic E-state index is -1.82. The topological polar surface area (TPSA) is 93.2 Å². The number of nitrogens with zero attached hydrogens (tertiary/aromatic N) is 6. The quantitative estimate of drug-likeness (QED) is 0.677. The van der Waals surface area contributed by atoms with E-state index in [0.29, 0.717) is 32.7 Å². The monoisotopic (exact) mass is 499 g/mol. The van der Waals surface area contributed by atoms with E-state index in [0.717, 1.165) is 42.0 Å². The van der Waals surface area contributed by atoms with E-state index < -0.39 is 11.8 Å². The maximum atomic E-state index is 15.8. The highest BCUT2D eigenvalue weighted by Crippen LogP contribution is 2.37. The van der Waals surface area contributed by atoms with Crippen molar-refractivity contribution in [1.29, 1.82) is 0 Å². The Hall–Kier alpha value is -2.88. The van der Waals surface area contributed by atoms with Gasteiger partial charge in [-0.25, -0.2) is 23.7 Å². The summed E-state index contributed by atoms with van der Waals surface area (Å²) in [4.78, 5) is 29.8. The zero-order valence-corrected chi connectivity index (χ0v) is 21.0. The molecule has 2 N–H and O–H groups in total. The number of likely N-dealkylation sites (tertiary alicyclic amines) is 2. The predicted molar refractivity (Wildman–Crippen MR) is 134 cm³/mol. The number of piperidine rings is 2. The van der Waals surface area contributed by atoms with Gasteiger partial charge in [0.25, 0.3) is 5.91 Å². The average molecular weight is 500 g/mol. The molecule has 2 saturated heterocycles. The van der Waals surface area contributed by atoms with Crippen molar-refractivity contribution in [2.75, 3.05) is 31.9 Å². The molecule has 5 rings (SSSR count). The highest BCUT2D eigenvalue weighted by molar-refractivity contribution is 5.85. The van der Waals surface area contributed by atoms with Gasteiger partial charge in [0, 0.05) is 81.9 Å². The molecule has 0 radical (unpaired) electrons. The van der Waals surface area contributed by atoms with E-state index in [-0.39, 0.29) is 36.7 Å². The Morgan fingerprint density at radius 2 is 1.83 bits per heavy atom. The molecule has 2 unspecified atom stereocenters. The minimum Gasteiger partial charge on any atom is -0.368 e. The lowest BCUT2D eigenvalue weighted by atomic mass is 9.90. The fourth-order valence-electron chi connectivity index (χ4n) is 5.77. The van der Waals surface area contributed by atoms with Crippen molar-refractivity contribution < 1.29 is 13.6 Å². The third-order valence-corrected chi connectivity index (χ3v) is 7.99. The van der Waals surface area contributed by atoms with E-state index in [1.807, 2.05) is 13.0 Å². The van der Waals surface area contributed by atoms with E-state index in [4.69, 9.17) is 10.7 Å². The van der Waals surface area contributed by atoms with Gasteiger partial charge in [0.1, 0.15) is 12.0 Å². The Balaban J connectivity index is 1.19. The Morgan fingerprint density at radius 3 is 2.47 bits per heavy atom. The summed E-state index contributed by atoms with van der Waals surface area (Å²) in [6, 6.07) is 0.174. The van der Waals surface area contributed by atoms with Crippen LogP contribution in [0.3, 0.4) is 0 Å². The van der Waals surface area contributed by atoms with Gasteiger partial charge < -0.3 is 15.2 Å². The minimum absolute atomic E-state index is 0.174. The van der Waals surface area contributed by atoms with Gasteiger partial charge in [0.2, 0.25) is 5.95 Å². The zero-order valence-electron chi connectivity index (χ0n) is 21.0. The maximum absolute atomic E-state index is 15.8. The number of fused-ring (bicyclic) bond motifs is 1. The van der Waals surface area contributed by atoms with Crippen LogP contribution in [-0.2, 0) is 17.8 Å². The molecule has 0 spiro atoms.